The first-order valence-corrected chi connectivity index (χ1v) is 6.30. The van der Waals surface area contributed by atoms with Crippen molar-refractivity contribution in [3.05, 3.63) is 33.8 Å². The zero-order chi connectivity index (χ0) is 13.3. The Balaban J connectivity index is 2.17. The van der Waals surface area contributed by atoms with Crippen LogP contribution >= 0.6 is 15.9 Å². The van der Waals surface area contributed by atoms with Gasteiger partial charge in [-0.05, 0) is 30.2 Å². The molecule has 0 saturated heterocycles. The summed E-state index contributed by atoms with van der Waals surface area (Å²) in [7, 11) is 1.49. The predicted octanol–water partition coefficient (Wildman–Crippen LogP) is 1.71. The van der Waals surface area contributed by atoms with Crippen LogP contribution in [0.4, 0.5) is 4.79 Å². The third-order valence-corrected chi connectivity index (χ3v) is 3.43. The summed E-state index contributed by atoms with van der Waals surface area (Å²) in [5, 5.41) is 11.6. The van der Waals surface area contributed by atoms with Crippen molar-refractivity contribution in [3.63, 3.8) is 0 Å². The molecule has 18 heavy (non-hydrogen) atoms. The van der Waals surface area contributed by atoms with Gasteiger partial charge in [0.05, 0.1) is 6.04 Å². The lowest BCUT2D eigenvalue weighted by Gasteiger charge is -2.28. The zero-order valence-electron chi connectivity index (χ0n) is 9.81. The molecule has 0 spiro atoms. The minimum atomic E-state index is -0.996. The fourth-order valence-electron chi connectivity index (χ4n) is 2.05. The van der Waals surface area contributed by atoms with Crippen molar-refractivity contribution in [2.24, 2.45) is 0 Å². The number of rotatable bonds is 2. The van der Waals surface area contributed by atoms with E-state index < -0.39 is 6.09 Å². The lowest BCUT2D eigenvalue weighted by atomic mass is 9.95. The fourth-order valence-corrected chi connectivity index (χ4v) is 2.46. The first-order valence-electron chi connectivity index (χ1n) is 5.50. The molecule has 0 fully saturated rings. The van der Waals surface area contributed by atoms with Gasteiger partial charge in [0.2, 0.25) is 0 Å². The van der Waals surface area contributed by atoms with E-state index in [1.165, 1.54) is 11.9 Å². The molecule has 1 aliphatic rings. The van der Waals surface area contributed by atoms with Crippen LogP contribution in [0.3, 0.4) is 0 Å². The molecule has 2 N–H and O–H groups in total. The number of benzene rings is 1. The molecule has 0 bridgehead atoms. The van der Waals surface area contributed by atoms with Gasteiger partial charge in [-0.1, -0.05) is 15.9 Å². The van der Waals surface area contributed by atoms with Crippen LogP contribution in [0.15, 0.2) is 22.7 Å². The molecular formula is C12H13BrN2O3. The zero-order valence-corrected chi connectivity index (χ0v) is 11.4. The first kappa shape index (κ1) is 12.9. The Morgan fingerprint density at radius 2 is 2.33 bits per heavy atom. The van der Waals surface area contributed by atoms with Crippen LogP contribution in [-0.2, 0) is 6.42 Å². The normalized spacial score (nSPS) is 17.9. The van der Waals surface area contributed by atoms with Crippen LogP contribution in [0.1, 0.15) is 15.9 Å². The lowest BCUT2D eigenvalue weighted by molar-refractivity contribution is 0.0909. The highest BCUT2D eigenvalue weighted by atomic mass is 79.9. The number of carbonyl (C=O) groups excluding carboxylic acids is 1. The fraction of sp³-hybridized carbons (Fsp3) is 0.333. The Hall–Kier alpha value is -1.56. The van der Waals surface area contributed by atoms with E-state index in [4.69, 9.17) is 5.11 Å². The van der Waals surface area contributed by atoms with E-state index in [2.05, 4.69) is 21.2 Å². The van der Waals surface area contributed by atoms with Crippen molar-refractivity contribution in [2.45, 2.75) is 12.5 Å². The summed E-state index contributed by atoms with van der Waals surface area (Å²) in [5.41, 5.74) is 1.60. The molecule has 96 valence electrons. The topological polar surface area (TPSA) is 69.6 Å². The molecule has 5 nitrogen and oxygen atoms in total. The van der Waals surface area contributed by atoms with E-state index in [1.807, 2.05) is 12.1 Å². The van der Waals surface area contributed by atoms with E-state index in [1.54, 1.807) is 6.07 Å². The quantitative estimate of drug-likeness (QED) is 0.873. The molecule has 0 aromatic heterocycles. The van der Waals surface area contributed by atoms with Gasteiger partial charge in [-0.2, -0.15) is 0 Å². The highest BCUT2D eigenvalue weighted by Crippen LogP contribution is 2.21. The van der Waals surface area contributed by atoms with Crippen molar-refractivity contribution in [1.82, 2.24) is 10.2 Å². The highest BCUT2D eigenvalue weighted by molar-refractivity contribution is 9.10. The van der Waals surface area contributed by atoms with Crippen LogP contribution in [0.2, 0.25) is 0 Å². The van der Waals surface area contributed by atoms with Crippen LogP contribution in [0.5, 0.6) is 0 Å². The average Bonchev–Trinajstić information content (AvgIpc) is 2.27. The third kappa shape index (κ3) is 2.64. The Morgan fingerprint density at radius 3 is 3.00 bits per heavy atom. The van der Waals surface area contributed by atoms with Gasteiger partial charge < -0.3 is 15.3 Å². The molecule has 1 atom stereocenters. The van der Waals surface area contributed by atoms with Crippen molar-refractivity contribution >= 4 is 27.9 Å². The van der Waals surface area contributed by atoms with E-state index >= 15 is 0 Å². The number of carbonyl (C=O) groups is 2. The van der Waals surface area contributed by atoms with Gasteiger partial charge in [-0.25, -0.2) is 4.79 Å². The Morgan fingerprint density at radius 1 is 1.61 bits per heavy atom. The number of amides is 2. The maximum absolute atomic E-state index is 11.9. The largest absolute Gasteiger partial charge is 0.465 e. The summed E-state index contributed by atoms with van der Waals surface area (Å²) in [5.74, 6) is -0.146. The Labute approximate surface area is 113 Å². The minimum Gasteiger partial charge on any atom is -0.465 e. The summed E-state index contributed by atoms with van der Waals surface area (Å²) in [4.78, 5) is 23.8. The number of hydrogen-bond acceptors (Lipinski definition) is 2. The molecule has 2 rings (SSSR count). The third-order valence-electron chi connectivity index (χ3n) is 2.93. The molecule has 2 amide bonds. The number of carboxylic acid groups (broad SMARTS) is 1. The van der Waals surface area contributed by atoms with Crippen LogP contribution < -0.4 is 5.32 Å². The summed E-state index contributed by atoms with van der Waals surface area (Å²) >= 11 is 3.37. The van der Waals surface area contributed by atoms with Gasteiger partial charge in [0.1, 0.15) is 0 Å². The predicted molar refractivity (Wildman–Crippen MR) is 69.8 cm³/mol. The smallest absolute Gasteiger partial charge is 0.407 e. The number of nitrogens with one attached hydrogen (secondary N) is 1. The monoisotopic (exact) mass is 312 g/mol. The second-order valence-corrected chi connectivity index (χ2v) is 5.25. The number of halogens is 1. The molecule has 1 unspecified atom stereocenters. The van der Waals surface area contributed by atoms with E-state index in [0.29, 0.717) is 12.0 Å². The molecule has 1 aliphatic heterocycles. The molecule has 1 aromatic rings. The second kappa shape index (κ2) is 4.97. The molecule has 0 saturated carbocycles. The molecule has 0 aliphatic carbocycles. The van der Waals surface area contributed by atoms with Crippen LogP contribution in [0.25, 0.3) is 0 Å². The summed E-state index contributed by atoms with van der Waals surface area (Å²) in [6, 6.07) is 5.32. The van der Waals surface area contributed by atoms with Gasteiger partial charge in [-0.3, -0.25) is 4.79 Å². The summed E-state index contributed by atoms with van der Waals surface area (Å²) in [6.45, 7) is 0.285. The maximum Gasteiger partial charge on any atom is 0.407 e. The van der Waals surface area contributed by atoms with Gasteiger partial charge in [0.15, 0.2) is 0 Å². The highest BCUT2D eigenvalue weighted by Gasteiger charge is 2.25. The van der Waals surface area contributed by atoms with Crippen molar-refractivity contribution in [3.8, 4) is 0 Å². The summed E-state index contributed by atoms with van der Waals surface area (Å²) < 4.78 is 0.918. The van der Waals surface area contributed by atoms with E-state index in [9.17, 15) is 9.59 Å². The molecule has 0 radical (unpaired) electrons. The van der Waals surface area contributed by atoms with Crippen LogP contribution in [-0.4, -0.2) is 41.6 Å². The number of fused-ring (bicyclic) bond motifs is 1. The maximum atomic E-state index is 11.9. The van der Waals surface area contributed by atoms with Crippen molar-refractivity contribution < 1.29 is 14.7 Å². The van der Waals surface area contributed by atoms with Crippen molar-refractivity contribution in [1.29, 1.82) is 0 Å². The van der Waals surface area contributed by atoms with Crippen molar-refractivity contribution in [2.75, 3.05) is 13.6 Å². The number of hydrogen-bond donors (Lipinski definition) is 2. The number of nitrogens with zero attached hydrogens (tertiary/aromatic N) is 1. The Bertz CT molecular complexity index is 504. The van der Waals surface area contributed by atoms with Gasteiger partial charge in [-0.15, -0.1) is 0 Å². The first-order chi connectivity index (χ1) is 8.47. The Kier molecular flexibility index (Phi) is 3.56. The van der Waals surface area contributed by atoms with E-state index in [0.717, 1.165) is 10.0 Å². The molecule has 6 heteroatoms. The van der Waals surface area contributed by atoms with Gasteiger partial charge in [0.25, 0.3) is 5.91 Å². The molecular weight excluding hydrogens is 300 g/mol. The average molecular weight is 313 g/mol. The minimum absolute atomic E-state index is 0.146. The van der Waals surface area contributed by atoms with Gasteiger partial charge in [0, 0.05) is 23.6 Å². The van der Waals surface area contributed by atoms with E-state index in [-0.39, 0.29) is 18.5 Å². The SMILES string of the molecule is CN(CC1Cc2cc(Br)ccc2C(=O)N1)C(=O)O. The summed E-state index contributed by atoms with van der Waals surface area (Å²) in [6.07, 6.45) is -0.359. The molecule has 1 aromatic carbocycles. The second-order valence-electron chi connectivity index (χ2n) is 4.34. The lowest BCUT2D eigenvalue weighted by Crippen LogP contribution is -2.48. The number of likely N-dealkylation sites (N-methyl/N-ethyl adjacent to an activating group) is 1. The standard InChI is InChI=1S/C12H13BrN2O3/c1-15(12(17)18)6-9-5-7-4-8(13)2-3-10(7)11(16)14-9/h2-4,9H,5-6H2,1H3,(H,14,16)(H,17,18). The molecule has 1 heterocycles. The van der Waals surface area contributed by atoms with Crippen LogP contribution in [0, 0.1) is 0 Å². The van der Waals surface area contributed by atoms with Gasteiger partial charge >= 0.3 is 6.09 Å².